The van der Waals surface area contributed by atoms with Crippen LogP contribution >= 0.6 is 0 Å². The molecule has 2 amide bonds. The Morgan fingerprint density at radius 3 is 2.31 bits per heavy atom. The first kappa shape index (κ1) is 17.8. The van der Waals surface area contributed by atoms with E-state index in [1.54, 1.807) is 0 Å². The second-order valence-electron chi connectivity index (χ2n) is 8.66. The van der Waals surface area contributed by atoms with Gasteiger partial charge in [0.15, 0.2) is 0 Å². The molecule has 5 rings (SSSR count). The van der Waals surface area contributed by atoms with Gasteiger partial charge in [0.1, 0.15) is 0 Å². The monoisotopic (exact) mass is 356 g/mol. The first-order valence-corrected chi connectivity index (χ1v) is 10.3. The molecule has 2 N–H and O–H groups in total. The van der Waals surface area contributed by atoms with Gasteiger partial charge in [-0.3, -0.25) is 0 Å². The van der Waals surface area contributed by atoms with E-state index in [9.17, 15) is 4.79 Å². The molecule has 1 aromatic carbocycles. The van der Waals surface area contributed by atoms with Crippen molar-refractivity contribution < 1.29 is 9.53 Å². The van der Waals surface area contributed by atoms with E-state index in [1.165, 1.54) is 37.7 Å². The highest BCUT2D eigenvalue weighted by atomic mass is 16.5. The van der Waals surface area contributed by atoms with Gasteiger partial charge in [-0.05, 0) is 74.2 Å². The molecule has 0 aromatic heterocycles. The summed E-state index contributed by atoms with van der Waals surface area (Å²) in [5.74, 6) is 3.07. The number of urea groups is 1. The van der Waals surface area contributed by atoms with Crippen LogP contribution in [0.15, 0.2) is 30.3 Å². The van der Waals surface area contributed by atoms with E-state index in [4.69, 9.17) is 4.74 Å². The normalized spacial score (nSPS) is 34.7. The van der Waals surface area contributed by atoms with Crippen LogP contribution in [-0.4, -0.2) is 31.8 Å². The van der Waals surface area contributed by atoms with Crippen LogP contribution in [0.5, 0.6) is 0 Å². The van der Waals surface area contributed by atoms with Crippen LogP contribution in [0.4, 0.5) is 4.79 Å². The molecule has 26 heavy (non-hydrogen) atoms. The lowest BCUT2D eigenvalue weighted by Gasteiger charge is -2.60. The van der Waals surface area contributed by atoms with Gasteiger partial charge in [0.25, 0.3) is 0 Å². The Kier molecular flexibility index (Phi) is 5.21. The molecule has 0 unspecified atom stereocenters. The number of aryl methyl sites for hydroxylation is 1. The molecule has 4 nitrogen and oxygen atoms in total. The zero-order chi connectivity index (χ0) is 18.0. The van der Waals surface area contributed by atoms with Crippen molar-refractivity contribution in [3.8, 4) is 0 Å². The number of carbonyl (C=O) groups excluding carboxylic acids is 1. The van der Waals surface area contributed by atoms with Gasteiger partial charge in [-0.15, -0.1) is 0 Å². The molecule has 4 bridgehead atoms. The van der Waals surface area contributed by atoms with E-state index in [0.29, 0.717) is 24.9 Å². The third-order valence-corrected chi connectivity index (χ3v) is 7.20. The molecule has 142 valence electrons. The lowest BCUT2D eigenvalue weighted by atomic mass is 9.49. The molecular weight excluding hydrogens is 324 g/mol. The topological polar surface area (TPSA) is 50.4 Å². The number of amides is 2. The molecule has 1 aromatic rings. The first-order chi connectivity index (χ1) is 12.7. The Balaban J connectivity index is 1.23. The van der Waals surface area contributed by atoms with Crippen molar-refractivity contribution >= 4 is 6.03 Å². The molecular formula is C22H32N2O2. The number of ether oxygens (including phenoxy) is 1. The summed E-state index contributed by atoms with van der Waals surface area (Å²) in [6.45, 7) is 1.36. The van der Waals surface area contributed by atoms with Crippen LogP contribution in [0.1, 0.15) is 44.1 Å². The van der Waals surface area contributed by atoms with Crippen LogP contribution < -0.4 is 10.6 Å². The third-order valence-electron chi connectivity index (χ3n) is 7.20. The summed E-state index contributed by atoms with van der Waals surface area (Å²) in [7, 11) is 1.85. The molecule has 4 heteroatoms. The SMILES string of the molecule is COC1(CNC(=O)NCCCc2ccccc2)C2CC3CC(C2)CC1C3. The van der Waals surface area contributed by atoms with Gasteiger partial charge < -0.3 is 15.4 Å². The quantitative estimate of drug-likeness (QED) is 0.731. The fraction of sp³-hybridized carbons (Fsp3) is 0.682. The zero-order valence-corrected chi connectivity index (χ0v) is 15.9. The summed E-state index contributed by atoms with van der Waals surface area (Å²) in [5, 5.41) is 6.14. The minimum atomic E-state index is -0.130. The summed E-state index contributed by atoms with van der Waals surface area (Å²) >= 11 is 0. The second kappa shape index (κ2) is 7.59. The second-order valence-corrected chi connectivity index (χ2v) is 8.66. The Morgan fingerprint density at radius 1 is 1.04 bits per heavy atom. The Bertz CT molecular complexity index is 588. The third kappa shape index (κ3) is 3.48. The molecule has 0 atom stereocenters. The minimum absolute atomic E-state index is 0.0525. The standard InChI is InChI=1S/C22H32N2O2/c1-26-22(19-11-17-10-18(13-19)14-20(22)12-17)15-24-21(25)23-9-5-8-16-6-3-2-4-7-16/h2-4,6-7,17-20H,5,8-15H2,1H3,(H2,23,24,25). The van der Waals surface area contributed by atoms with Crippen LogP contribution in [0, 0.1) is 23.7 Å². The van der Waals surface area contributed by atoms with Crippen molar-refractivity contribution in [1.29, 1.82) is 0 Å². The number of hydrogen-bond acceptors (Lipinski definition) is 2. The number of hydrogen-bond donors (Lipinski definition) is 2. The van der Waals surface area contributed by atoms with E-state index in [2.05, 4.69) is 34.9 Å². The summed E-state index contributed by atoms with van der Waals surface area (Å²) in [5.41, 5.74) is 1.19. The Hall–Kier alpha value is -1.55. The molecule has 4 saturated carbocycles. The van der Waals surface area contributed by atoms with Crippen LogP contribution in [0.2, 0.25) is 0 Å². The van der Waals surface area contributed by atoms with Gasteiger partial charge in [-0.25, -0.2) is 4.79 Å². The predicted molar refractivity (Wildman–Crippen MR) is 103 cm³/mol. The fourth-order valence-corrected chi connectivity index (χ4v) is 6.10. The fourth-order valence-electron chi connectivity index (χ4n) is 6.10. The molecule has 0 aliphatic heterocycles. The first-order valence-electron chi connectivity index (χ1n) is 10.3. The van der Waals surface area contributed by atoms with E-state index >= 15 is 0 Å². The van der Waals surface area contributed by atoms with Crippen molar-refractivity contribution in [2.24, 2.45) is 23.7 Å². The van der Waals surface area contributed by atoms with Crippen molar-refractivity contribution in [2.45, 2.75) is 50.5 Å². The number of rotatable bonds is 7. The minimum Gasteiger partial charge on any atom is -0.376 e. The summed E-state index contributed by atoms with van der Waals surface area (Å²) in [6, 6.07) is 10.4. The maximum Gasteiger partial charge on any atom is 0.314 e. The Morgan fingerprint density at radius 2 is 1.69 bits per heavy atom. The highest BCUT2D eigenvalue weighted by molar-refractivity contribution is 5.73. The molecule has 0 heterocycles. The summed E-state index contributed by atoms with van der Waals surface area (Å²) in [4.78, 5) is 12.3. The molecule has 0 saturated heterocycles. The lowest BCUT2D eigenvalue weighted by molar-refractivity contribution is -0.186. The van der Waals surface area contributed by atoms with E-state index in [0.717, 1.165) is 24.7 Å². The summed E-state index contributed by atoms with van der Waals surface area (Å²) in [6.07, 6.45) is 8.56. The van der Waals surface area contributed by atoms with E-state index < -0.39 is 0 Å². The number of benzene rings is 1. The lowest BCUT2D eigenvalue weighted by Crippen LogP contribution is -2.63. The highest BCUT2D eigenvalue weighted by Gasteiger charge is 2.57. The van der Waals surface area contributed by atoms with Crippen LogP contribution in [0.25, 0.3) is 0 Å². The van der Waals surface area contributed by atoms with E-state index in [1.807, 2.05) is 13.2 Å². The summed E-state index contributed by atoms with van der Waals surface area (Å²) < 4.78 is 6.11. The molecule has 0 spiro atoms. The van der Waals surface area contributed by atoms with Crippen molar-refractivity contribution in [1.82, 2.24) is 10.6 Å². The van der Waals surface area contributed by atoms with Crippen molar-refractivity contribution in [3.63, 3.8) is 0 Å². The zero-order valence-electron chi connectivity index (χ0n) is 15.9. The van der Waals surface area contributed by atoms with Crippen molar-refractivity contribution in [2.75, 3.05) is 20.2 Å². The van der Waals surface area contributed by atoms with Gasteiger partial charge in [0, 0.05) is 20.2 Å². The maximum atomic E-state index is 12.3. The van der Waals surface area contributed by atoms with Gasteiger partial charge in [0.05, 0.1) is 5.60 Å². The van der Waals surface area contributed by atoms with Gasteiger partial charge in [-0.1, -0.05) is 30.3 Å². The van der Waals surface area contributed by atoms with Crippen LogP contribution in [0.3, 0.4) is 0 Å². The largest absolute Gasteiger partial charge is 0.376 e. The van der Waals surface area contributed by atoms with Crippen LogP contribution in [-0.2, 0) is 11.2 Å². The average Bonchev–Trinajstić information content (AvgIpc) is 2.66. The number of carbonyl (C=O) groups is 1. The smallest absolute Gasteiger partial charge is 0.314 e. The van der Waals surface area contributed by atoms with Gasteiger partial charge >= 0.3 is 6.03 Å². The highest BCUT2D eigenvalue weighted by Crippen LogP contribution is 2.59. The van der Waals surface area contributed by atoms with Gasteiger partial charge in [-0.2, -0.15) is 0 Å². The number of methoxy groups -OCH3 is 1. The molecule has 0 radical (unpaired) electrons. The molecule has 4 aliphatic carbocycles. The van der Waals surface area contributed by atoms with Crippen molar-refractivity contribution in [3.05, 3.63) is 35.9 Å². The van der Waals surface area contributed by atoms with Gasteiger partial charge in [0.2, 0.25) is 0 Å². The predicted octanol–water partition coefficient (Wildman–Crippen LogP) is 3.76. The molecule has 4 aliphatic rings. The Labute approximate surface area is 157 Å². The average molecular weight is 357 g/mol. The number of nitrogens with one attached hydrogen (secondary N) is 2. The van der Waals surface area contributed by atoms with E-state index in [-0.39, 0.29) is 11.6 Å². The molecule has 4 fully saturated rings. The maximum absolute atomic E-state index is 12.3.